The number of rotatable bonds is 7. The molecule has 0 aliphatic carbocycles. The molecule has 0 heterocycles. The molecule has 0 saturated heterocycles. The first-order valence-electron chi connectivity index (χ1n) is 8.92. The van der Waals surface area contributed by atoms with Gasteiger partial charge in [0.25, 0.3) is 0 Å². The summed E-state index contributed by atoms with van der Waals surface area (Å²) in [5.74, 6) is 0.104. The largest absolute Gasteiger partial charge is 0.544 e. The first-order valence-corrected chi connectivity index (χ1v) is 19.2. The van der Waals surface area contributed by atoms with Crippen molar-refractivity contribution in [2.45, 2.75) is 58.9 Å². The molecule has 8 heteroatoms. The third-order valence-corrected chi connectivity index (χ3v) is 6.95. The van der Waals surface area contributed by atoms with Gasteiger partial charge in [-0.15, -0.1) is 0 Å². The van der Waals surface area contributed by atoms with E-state index in [9.17, 15) is 9.59 Å². The molecule has 26 heavy (non-hydrogen) atoms. The van der Waals surface area contributed by atoms with E-state index in [-0.39, 0.29) is 18.4 Å². The Kier molecular flexibility index (Phi) is 7.05. The molecule has 0 spiro atoms. The summed E-state index contributed by atoms with van der Waals surface area (Å²) in [6.45, 7) is 18.3. The number of benzene rings is 1. The number of nitrogens with zero attached hydrogens (tertiary/aromatic N) is 1. The minimum Gasteiger partial charge on any atom is -0.544 e. The molecule has 146 valence electrons. The van der Waals surface area contributed by atoms with Gasteiger partial charge >= 0.3 is 5.97 Å². The van der Waals surface area contributed by atoms with Crippen LogP contribution in [0, 0.1) is 0 Å². The van der Waals surface area contributed by atoms with Gasteiger partial charge in [0, 0.05) is 0 Å². The van der Waals surface area contributed by atoms with E-state index in [2.05, 4.69) is 39.3 Å². The number of amides is 1. The molecule has 1 aromatic rings. The molecule has 0 N–H and O–H groups in total. The summed E-state index contributed by atoms with van der Waals surface area (Å²) in [4.78, 5) is 25.7. The summed E-state index contributed by atoms with van der Waals surface area (Å²) in [6, 6.07) is 7.29. The van der Waals surface area contributed by atoms with Gasteiger partial charge in [0.05, 0.1) is 5.56 Å². The highest BCUT2D eigenvalue weighted by molar-refractivity contribution is 6.76. The van der Waals surface area contributed by atoms with Crippen molar-refractivity contribution in [3.05, 3.63) is 29.8 Å². The van der Waals surface area contributed by atoms with Gasteiger partial charge in [-0.25, -0.2) is 0 Å². The Bertz CT molecular complexity index is 658. The van der Waals surface area contributed by atoms with Gasteiger partial charge in [-0.2, -0.15) is 0 Å². The SMILES string of the molecule is C[Si](C)(C)OC(=O)CN(C(=O)c1ccccc1O[Si](C)(C)C)[Si](C)(C)C. The van der Waals surface area contributed by atoms with Crippen molar-refractivity contribution >= 4 is 36.7 Å². The second kappa shape index (κ2) is 8.10. The number of hydrogen-bond donors (Lipinski definition) is 0. The Morgan fingerprint density at radius 1 is 0.885 bits per heavy atom. The van der Waals surface area contributed by atoms with E-state index in [1.54, 1.807) is 10.6 Å². The molecular weight excluding hydrogens is 378 g/mol. The van der Waals surface area contributed by atoms with Crippen molar-refractivity contribution in [3.8, 4) is 5.75 Å². The van der Waals surface area contributed by atoms with Gasteiger partial charge in [-0.05, 0) is 51.4 Å². The summed E-state index contributed by atoms with van der Waals surface area (Å²) >= 11 is 0. The molecule has 0 aliphatic heterocycles. The highest BCUT2D eigenvalue weighted by Gasteiger charge is 2.34. The van der Waals surface area contributed by atoms with E-state index in [1.807, 2.05) is 37.8 Å². The van der Waals surface area contributed by atoms with E-state index in [0.717, 1.165) is 0 Å². The molecule has 0 unspecified atom stereocenters. The smallest absolute Gasteiger partial charge is 0.311 e. The lowest BCUT2D eigenvalue weighted by Crippen LogP contribution is -2.53. The Hall–Kier alpha value is -1.39. The maximum atomic E-state index is 13.3. The highest BCUT2D eigenvalue weighted by atomic mass is 28.4. The topological polar surface area (TPSA) is 55.8 Å². The lowest BCUT2D eigenvalue weighted by Gasteiger charge is -2.35. The van der Waals surface area contributed by atoms with E-state index in [4.69, 9.17) is 8.85 Å². The summed E-state index contributed by atoms with van der Waals surface area (Å²) in [7, 11) is -5.96. The van der Waals surface area contributed by atoms with Gasteiger partial charge in [-0.1, -0.05) is 31.8 Å². The summed E-state index contributed by atoms with van der Waals surface area (Å²) in [5, 5.41) is 0. The minimum absolute atomic E-state index is 0.0138. The van der Waals surface area contributed by atoms with Crippen molar-refractivity contribution in [3.63, 3.8) is 0 Å². The molecule has 0 saturated carbocycles. The molecule has 0 aromatic heterocycles. The zero-order valence-electron chi connectivity index (χ0n) is 17.6. The highest BCUT2D eigenvalue weighted by Crippen LogP contribution is 2.25. The van der Waals surface area contributed by atoms with Gasteiger partial charge in [-0.3, -0.25) is 9.59 Å². The lowest BCUT2D eigenvalue weighted by atomic mass is 10.2. The zero-order chi connectivity index (χ0) is 20.3. The first-order chi connectivity index (χ1) is 11.6. The van der Waals surface area contributed by atoms with Crippen LogP contribution in [0.4, 0.5) is 0 Å². The van der Waals surface area contributed by atoms with Gasteiger partial charge in [0.2, 0.25) is 22.5 Å². The van der Waals surface area contributed by atoms with Crippen LogP contribution < -0.4 is 4.43 Å². The molecule has 0 bridgehead atoms. The predicted octanol–water partition coefficient (Wildman–Crippen LogP) is 4.56. The van der Waals surface area contributed by atoms with Gasteiger partial charge < -0.3 is 13.4 Å². The van der Waals surface area contributed by atoms with E-state index in [0.29, 0.717) is 11.3 Å². The quantitative estimate of drug-likeness (QED) is 0.617. The van der Waals surface area contributed by atoms with Crippen LogP contribution in [0.15, 0.2) is 24.3 Å². The second-order valence-electron chi connectivity index (χ2n) is 9.36. The van der Waals surface area contributed by atoms with E-state index < -0.39 is 24.9 Å². The molecule has 0 radical (unpaired) electrons. The maximum absolute atomic E-state index is 13.3. The average Bonchev–Trinajstić information content (AvgIpc) is 2.40. The van der Waals surface area contributed by atoms with E-state index >= 15 is 0 Å². The molecule has 0 fully saturated rings. The third kappa shape index (κ3) is 7.46. The van der Waals surface area contributed by atoms with Gasteiger partial charge in [0.1, 0.15) is 12.3 Å². The monoisotopic (exact) mass is 411 g/mol. The molecule has 0 aliphatic rings. The van der Waals surface area contributed by atoms with Crippen LogP contribution in [0.5, 0.6) is 5.75 Å². The number of carbonyl (C=O) groups excluding carboxylic acids is 2. The standard InChI is InChI=1S/C18H33NO4Si3/c1-24(2,3)19(14-17(20)23-26(7,8)9)18(21)15-12-10-11-13-16(15)22-25(4,5)6/h10-13H,14H2,1-9H3. The van der Waals surface area contributed by atoms with Crippen LogP contribution in [0.25, 0.3) is 0 Å². The van der Waals surface area contributed by atoms with Crippen molar-refractivity contribution in [1.82, 2.24) is 4.57 Å². The fourth-order valence-electron chi connectivity index (χ4n) is 2.32. The molecule has 1 aromatic carbocycles. The third-order valence-electron chi connectivity index (χ3n) is 3.30. The molecule has 1 amide bonds. The summed E-state index contributed by atoms with van der Waals surface area (Å²) in [6.07, 6.45) is 0. The fourth-order valence-corrected chi connectivity index (χ4v) is 5.24. The molecule has 5 nitrogen and oxygen atoms in total. The molecule has 0 atom stereocenters. The lowest BCUT2D eigenvalue weighted by molar-refractivity contribution is -0.135. The Morgan fingerprint density at radius 3 is 1.88 bits per heavy atom. The van der Waals surface area contributed by atoms with Crippen LogP contribution in [0.2, 0.25) is 58.9 Å². The van der Waals surface area contributed by atoms with Crippen molar-refractivity contribution in [2.75, 3.05) is 6.54 Å². The van der Waals surface area contributed by atoms with Gasteiger partial charge in [0.15, 0.2) is 8.24 Å². The molecule has 1 rings (SSSR count). The second-order valence-corrected chi connectivity index (χ2v) is 23.1. The van der Waals surface area contributed by atoms with Crippen LogP contribution in [-0.4, -0.2) is 47.9 Å². The number of para-hydroxylation sites is 1. The summed E-state index contributed by atoms with van der Waals surface area (Å²) < 4.78 is 13.4. The van der Waals surface area contributed by atoms with Crippen molar-refractivity contribution < 1.29 is 18.4 Å². The van der Waals surface area contributed by atoms with Crippen LogP contribution in [0.3, 0.4) is 0 Å². The Labute approximate surface area is 161 Å². The minimum atomic E-state index is -2.10. The van der Waals surface area contributed by atoms with Crippen LogP contribution >= 0.6 is 0 Å². The maximum Gasteiger partial charge on any atom is 0.311 e. The Morgan fingerprint density at radius 2 is 1.42 bits per heavy atom. The normalized spacial score (nSPS) is 12.5. The van der Waals surface area contributed by atoms with E-state index in [1.165, 1.54) is 0 Å². The summed E-state index contributed by atoms with van der Waals surface area (Å²) in [5.41, 5.74) is 0.512. The van der Waals surface area contributed by atoms with Crippen LogP contribution in [0.1, 0.15) is 10.4 Å². The number of hydrogen-bond acceptors (Lipinski definition) is 4. The predicted molar refractivity (Wildman–Crippen MR) is 114 cm³/mol. The Balaban J connectivity index is 3.18. The average molecular weight is 412 g/mol. The fraction of sp³-hybridized carbons (Fsp3) is 0.556. The molecular formula is C18H33NO4Si3. The zero-order valence-corrected chi connectivity index (χ0v) is 20.6. The van der Waals surface area contributed by atoms with Crippen LogP contribution in [-0.2, 0) is 9.22 Å². The van der Waals surface area contributed by atoms with Crippen molar-refractivity contribution in [2.24, 2.45) is 0 Å². The number of carbonyl (C=O) groups is 2. The first kappa shape index (κ1) is 22.7. The van der Waals surface area contributed by atoms with Crippen molar-refractivity contribution in [1.29, 1.82) is 0 Å².